The van der Waals surface area contributed by atoms with Gasteiger partial charge in [-0.3, -0.25) is 0 Å². The van der Waals surface area contributed by atoms with Crippen LogP contribution < -0.4 is 5.32 Å². The molecule has 0 aromatic rings. The summed E-state index contributed by atoms with van der Waals surface area (Å²) in [4.78, 5) is 0. The normalized spacial score (nSPS) is 35.6. The van der Waals surface area contributed by atoms with Crippen LogP contribution in [0.2, 0.25) is 0 Å². The van der Waals surface area contributed by atoms with Gasteiger partial charge in [0.05, 0.1) is 0 Å². The maximum Gasteiger partial charge on any atom is 0.0265 e. The number of nitrogens with one attached hydrogen (secondary N) is 1. The fraction of sp³-hybridized carbons (Fsp3) is 0.636. The standard InChI is InChI=1S/C11H16BrN/c1-8(12)6-13-7-11-5-9-2-3-10(11)4-9/h2-3,9-11,13H,1,4-7H2. The summed E-state index contributed by atoms with van der Waals surface area (Å²) in [6.07, 6.45) is 7.60. The van der Waals surface area contributed by atoms with Crippen LogP contribution in [0.3, 0.4) is 0 Å². The van der Waals surface area contributed by atoms with Crippen molar-refractivity contribution in [3.05, 3.63) is 23.2 Å². The van der Waals surface area contributed by atoms with E-state index in [9.17, 15) is 0 Å². The SMILES string of the molecule is C=C(Br)CNCC1CC2C=CC1C2. The van der Waals surface area contributed by atoms with Gasteiger partial charge in [-0.05, 0) is 37.1 Å². The first kappa shape index (κ1) is 9.47. The van der Waals surface area contributed by atoms with Gasteiger partial charge in [-0.15, -0.1) is 0 Å². The quantitative estimate of drug-likeness (QED) is 0.747. The predicted molar refractivity (Wildman–Crippen MR) is 59.8 cm³/mol. The van der Waals surface area contributed by atoms with E-state index in [4.69, 9.17) is 0 Å². The Morgan fingerprint density at radius 2 is 2.31 bits per heavy atom. The first-order valence-corrected chi connectivity index (χ1v) is 5.77. The Kier molecular flexibility index (Phi) is 2.89. The molecule has 0 aromatic heterocycles. The number of halogens is 1. The third-order valence-electron chi connectivity index (χ3n) is 3.14. The Bertz CT molecular complexity index is 234. The summed E-state index contributed by atoms with van der Waals surface area (Å²) in [5, 5.41) is 3.43. The number of hydrogen-bond acceptors (Lipinski definition) is 1. The Morgan fingerprint density at radius 3 is 2.85 bits per heavy atom. The van der Waals surface area contributed by atoms with Crippen molar-refractivity contribution >= 4 is 15.9 Å². The molecule has 2 aliphatic carbocycles. The van der Waals surface area contributed by atoms with Gasteiger partial charge < -0.3 is 5.32 Å². The average molecular weight is 242 g/mol. The lowest BCUT2D eigenvalue weighted by atomic mass is 9.94. The third-order valence-corrected chi connectivity index (χ3v) is 3.42. The first-order chi connectivity index (χ1) is 6.25. The van der Waals surface area contributed by atoms with E-state index < -0.39 is 0 Å². The maximum absolute atomic E-state index is 3.81. The summed E-state index contributed by atoms with van der Waals surface area (Å²) in [5.41, 5.74) is 0. The van der Waals surface area contributed by atoms with Gasteiger partial charge in [-0.2, -0.15) is 0 Å². The lowest BCUT2D eigenvalue weighted by molar-refractivity contribution is 0.423. The Labute approximate surface area is 88.4 Å². The Balaban J connectivity index is 1.72. The van der Waals surface area contributed by atoms with E-state index in [1.807, 2.05) is 0 Å². The van der Waals surface area contributed by atoms with Crippen molar-refractivity contribution in [2.24, 2.45) is 17.8 Å². The van der Waals surface area contributed by atoms with Crippen LogP contribution in [0.25, 0.3) is 0 Å². The van der Waals surface area contributed by atoms with Crippen LogP contribution in [0, 0.1) is 17.8 Å². The van der Waals surface area contributed by atoms with E-state index in [1.165, 1.54) is 12.8 Å². The molecular formula is C11H16BrN. The number of fused-ring (bicyclic) bond motifs is 2. The molecule has 0 aliphatic heterocycles. The Morgan fingerprint density at radius 1 is 1.46 bits per heavy atom. The molecule has 0 amide bonds. The van der Waals surface area contributed by atoms with Crippen LogP contribution in [-0.4, -0.2) is 13.1 Å². The van der Waals surface area contributed by atoms with Crippen LogP contribution in [-0.2, 0) is 0 Å². The monoisotopic (exact) mass is 241 g/mol. The van der Waals surface area contributed by atoms with Gasteiger partial charge in [0.1, 0.15) is 0 Å². The molecule has 2 bridgehead atoms. The van der Waals surface area contributed by atoms with E-state index in [0.29, 0.717) is 0 Å². The molecule has 2 rings (SSSR count). The molecule has 0 radical (unpaired) electrons. The highest BCUT2D eigenvalue weighted by molar-refractivity contribution is 9.11. The summed E-state index contributed by atoms with van der Waals surface area (Å²) in [6, 6.07) is 0. The lowest BCUT2D eigenvalue weighted by Gasteiger charge is -2.18. The van der Waals surface area contributed by atoms with Crippen molar-refractivity contribution in [3.63, 3.8) is 0 Å². The summed E-state index contributed by atoms with van der Waals surface area (Å²) in [5.74, 6) is 2.63. The van der Waals surface area contributed by atoms with E-state index in [0.717, 1.165) is 35.3 Å². The largest absolute Gasteiger partial charge is 0.312 e. The highest BCUT2D eigenvalue weighted by Gasteiger charge is 2.34. The fourth-order valence-electron chi connectivity index (χ4n) is 2.52. The van der Waals surface area contributed by atoms with Crippen molar-refractivity contribution in [3.8, 4) is 0 Å². The third kappa shape index (κ3) is 2.23. The molecule has 0 spiro atoms. The second kappa shape index (κ2) is 3.97. The van der Waals surface area contributed by atoms with E-state index in [1.54, 1.807) is 0 Å². The molecule has 1 N–H and O–H groups in total. The van der Waals surface area contributed by atoms with Crippen molar-refractivity contribution in [1.29, 1.82) is 0 Å². The maximum atomic E-state index is 3.81. The zero-order valence-corrected chi connectivity index (χ0v) is 9.39. The fourth-order valence-corrected chi connectivity index (χ4v) is 2.72. The van der Waals surface area contributed by atoms with E-state index in [-0.39, 0.29) is 0 Å². The summed E-state index contributed by atoms with van der Waals surface area (Å²) < 4.78 is 1.05. The highest BCUT2D eigenvalue weighted by atomic mass is 79.9. The minimum absolute atomic E-state index is 0.862. The van der Waals surface area contributed by atoms with Gasteiger partial charge in [0, 0.05) is 11.0 Å². The summed E-state index contributed by atoms with van der Waals surface area (Å²) >= 11 is 3.35. The molecule has 72 valence electrons. The lowest BCUT2D eigenvalue weighted by Crippen LogP contribution is -2.26. The average Bonchev–Trinajstić information content (AvgIpc) is 2.64. The van der Waals surface area contributed by atoms with Crippen LogP contribution in [0.15, 0.2) is 23.2 Å². The molecule has 1 fully saturated rings. The van der Waals surface area contributed by atoms with Crippen molar-refractivity contribution in [2.45, 2.75) is 12.8 Å². The molecule has 13 heavy (non-hydrogen) atoms. The highest BCUT2D eigenvalue weighted by Crippen LogP contribution is 2.42. The predicted octanol–water partition coefficient (Wildman–Crippen LogP) is 2.70. The van der Waals surface area contributed by atoms with Crippen LogP contribution in [0.1, 0.15) is 12.8 Å². The Hall–Kier alpha value is -0.0800. The molecule has 0 saturated heterocycles. The van der Waals surface area contributed by atoms with E-state index in [2.05, 4.69) is 40.0 Å². The van der Waals surface area contributed by atoms with Crippen LogP contribution in [0.4, 0.5) is 0 Å². The van der Waals surface area contributed by atoms with Crippen molar-refractivity contribution in [1.82, 2.24) is 5.32 Å². The van der Waals surface area contributed by atoms with Gasteiger partial charge in [0.2, 0.25) is 0 Å². The first-order valence-electron chi connectivity index (χ1n) is 4.98. The molecule has 1 nitrogen and oxygen atoms in total. The van der Waals surface area contributed by atoms with E-state index >= 15 is 0 Å². The van der Waals surface area contributed by atoms with Crippen molar-refractivity contribution in [2.75, 3.05) is 13.1 Å². The summed E-state index contributed by atoms with van der Waals surface area (Å²) in [6.45, 7) is 5.86. The molecule has 2 heteroatoms. The van der Waals surface area contributed by atoms with Crippen LogP contribution >= 0.6 is 15.9 Å². The molecular weight excluding hydrogens is 226 g/mol. The molecule has 0 heterocycles. The molecule has 0 aromatic carbocycles. The van der Waals surface area contributed by atoms with Crippen molar-refractivity contribution < 1.29 is 0 Å². The summed E-state index contributed by atoms with van der Waals surface area (Å²) in [7, 11) is 0. The van der Waals surface area contributed by atoms with Crippen LogP contribution in [0.5, 0.6) is 0 Å². The minimum atomic E-state index is 0.862. The van der Waals surface area contributed by atoms with Gasteiger partial charge in [0.25, 0.3) is 0 Å². The minimum Gasteiger partial charge on any atom is -0.312 e. The van der Waals surface area contributed by atoms with Gasteiger partial charge in [-0.25, -0.2) is 0 Å². The second-order valence-electron chi connectivity index (χ2n) is 4.19. The van der Waals surface area contributed by atoms with Gasteiger partial charge in [-0.1, -0.05) is 34.7 Å². The second-order valence-corrected chi connectivity index (χ2v) is 5.31. The molecule has 3 unspecified atom stereocenters. The molecule has 2 aliphatic rings. The van der Waals surface area contributed by atoms with Gasteiger partial charge in [0.15, 0.2) is 0 Å². The number of rotatable bonds is 4. The smallest absolute Gasteiger partial charge is 0.0265 e. The topological polar surface area (TPSA) is 12.0 Å². The number of hydrogen-bond donors (Lipinski definition) is 1. The molecule has 1 saturated carbocycles. The van der Waals surface area contributed by atoms with Gasteiger partial charge >= 0.3 is 0 Å². The zero-order chi connectivity index (χ0) is 9.26. The number of allylic oxidation sites excluding steroid dienone is 2. The zero-order valence-electron chi connectivity index (χ0n) is 7.80. The molecule has 3 atom stereocenters.